The molecule has 0 atom stereocenters. The quantitative estimate of drug-likeness (QED) is 0.839. The highest BCUT2D eigenvalue weighted by Gasteiger charge is 2.50. The summed E-state index contributed by atoms with van der Waals surface area (Å²) in [5, 5.41) is 6.01. The van der Waals surface area contributed by atoms with Crippen LogP contribution in [0.25, 0.3) is 0 Å². The highest BCUT2D eigenvalue weighted by molar-refractivity contribution is 6.32. The van der Waals surface area contributed by atoms with E-state index < -0.39 is 16.9 Å². The molecule has 0 radical (unpaired) electrons. The van der Waals surface area contributed by atoms with Gasteiger partial charge in [0.05, 0.1) is 10.7 Å². The topological polar surface area (TPSA) is 46.9 Å². The lowest BCUT2D eigenvalue weighted by Crippen LogP contribution is -2.51. The second-order valence-electron chi connectivity index (χ2n) is 8.60. The summed E-state index contributed by atoms with van der Waals surface area (Å²) in [5.41, 5.74) is -0.785. The van der Waals surface area contributed by atoms with Crippen LogP contribution in [0, 0.1) is 30.1 Å². The Balaban J connectivity index is 1.39. The second kappa shape index (κ2) is 6.14. The number of nitrogens with zero attached hydrogens (tertiary/aromatic N) is 2. The normalized spacial score (nSPS) is 32.9. The van der Waals surface area contributed by atoms with Gasteiger partial charge < -0.3 is 5.32 Å². The Kier molecular flexibility index (Phi) is 4.29. The number of rotatable bonds is 4. The van der Waals surface area contributed by atoms with E-state index in [0.29, 0.717) is 6.54 Å². The van der Waals surface area contributed by atoms with Gasteiger partial charge in [-0.1, -0.05) is 11.6 Å². The predicted octanol–water partition coefficient (Wildman–Crippen LogP) is 4.20. The number of carbonyl (C=O) groups excluding carboxylic acids is 1. The van der Waals surface area contributed by atoms with E-state index in [1.165, 1.54) is 45.4 Å². The van der Waals surface area contributed by atoms with Crippen LogP contribution in [0.5, 0.6) is 0 Å². The van der Waals surface area contributed by atoms with E-state index in [1.54, 1.807) is 0 Å². The SMILES string of the molecule is Cc1c(Cl)c(C(F)(F)F)nn1CC(=O)NCC12CC3CC(CC(C3)C1)C2. The molecule has 4 bridgehead atoms. The van der Waals surface area contributed by atoms with Crippen molar-refractivity contribution in [2.24, 2.45) is 23.2 Å². The molecule has 0 spiro atoms. The van der Waals surface area contributed by atoms with E-state index in [4.69, 9.17) is 11.6 Å². The van der Waals surface area contributed by atoms with Crippen molar-refractivity contribution in [2.75, 3.05) is 6.54 Å². The van der Waals surface area contributed by atoms with E-state index >= 15 is 0 Å². The Labute approximate surface area is 155 Å². The average Bonchev–Trinajstić information content (AvgIpc) is 2.80. The fourth-order valence-corrected chi connectivity index (χ4v) is 6.09. The van der Waals surface area contributed by atoms with Crippen molar-refractivity contribution in [2.45, 2.75) is 58.2 Å². The molecule has 0 aromatic carbocycles. The van der Waals surface area contributed by atoms with Crippen LogP contribution in [0.1, 0.15) is 49.9 Å². The van der Waals surface area contributed by atoms with Crippen LogP contribution in [0.2, 0.25) is 5.02 Å². The van der Waals surface area contributed by atoms with E-state index in [0.717, 1.165) is 22.4 Å². The molecule has 4 saturated carbocycles. The summed E-state index contributed by atoms with van der Waals surface area (Å²) >= 11 is 5.73. The highest BCUT2D eigenvalue weighted by atomic mass is 35.5. The van der Waals surface area contributed by atoms with Crippen molar-refractivity contribution in [3.8, 4) is 0 Å². The number of nitrogens with one attached hydrogen (secondary N) is 1. The Morgan fingerprint density at radius 1 is 1.23 bits per heavy atom. The molecular weight excluding hydrogens is 367 g/mol. The van der Waals surface area contributed by atoms with Crippen LogP contribution in [0.4, 0.5) is 13.2 Å². The van der Waals surface area contributed by atoms with Gasteiger partial charge in [0.15, 0.2) is 5.69 Å². The fourth-order valence-electron chi connectivity index (χ4n) is 5.84. The third-order valence-corrected chi connectivity index (χ3v) is 6.97. The standard InChI is InChI=1S/C18H23ClF3N3O/c1-10-15(19)16(18(20,21)22)24-25(10)8-14(26)23-9-17-5-11-2-12(6-17)4-13(3-11)7-17/h11-13H,2-9H2,1H3,(H,23,26). The maximum atomic E-state index is 12.9. The molecule has 0 unspecified atom stereocenters. The first-order valence-electron chi connectivity index (χ1n) is 9.22. The lowest BCUT2D eigenvalue weighted by atomic mass is 9.49. The zero-order chi connectivity index (χ0) is 18.7. The number of halogens is 4. The molecule has 4 nitrogen and oxygen atoms in total. The van der Waals surface area contributed by atoms with E-state index in [1.807, 2.05) is 0 Å². The van der Waals surface area contributed by atoms with Crippen molar-refractivity contribution in [3.63, 3.8) is 0 Å². The number of carbonyl (C=O) groups is 1. The number of alkyl halides is 3. The van der Waals surface area contributed by atoms with Gasteiger partial charge in [-0.05, 0) is 68.6 Å². The number of hydrogen-bond acceptors (Lipinski definition) is 2. The minimum atomic E-state index is -4.62. The molecule has 8 heteroatoms. The van der Waals surface area contributed by atoms with E-state index in [9.17, 15) is 18.0 Å². The molecule has 4 aliphatic rings. The Hall–Kier alpha value is -1.24. The number of aromatic nitrogens is 2. The first-order valence-corrected chi connectivity index (χ1v) is 9.60. The van der Waals surface area contributed by atoms with Crippen LogP contribution in [-0.2, 0) is 17.5 Å². The Bertz CT molecular complexity index is 693. The predicted molar refractivity (Wildman–Crippen MR) is 90.6 cm³/mol. The fraction of sp³-hybridized carbons (Fsp3) is 0.778. The van der Waals surface area contributed by atoms with Crippen molar-refractivity contribution < 1.29 is 18.0 Å². The molecule has 1 aromatic rings. The van der Waals surface area contributed by atoms with E-state index in [-0.39, 0.29) is 23.6 Å². The first kappa shape index (κ1) is 18.1. The summed E-state index contributed by atoms with van der Waals surface area (Å²) in [6.07, 6.45) is 2.89. The lowest BCUT2D eigenvalue weighted by molar-refractivity contribution is -0.141. The largest absolute Gasteiger partial charge is 0.436 e. The van der Waals surface area contributed by atoms with Crippen LogP contribution < -0.4 is 5.32 Å². The molecular formula is C18H23ClF3N3O. The minimum absolute atomic E-state index is 0.156. The highest BCUT2D eigenvalue weighted by Crippen LogP contribution is 2.59. The molecule has 0 aliphatic heterocycles. The third kappa shape index (κ3) is 3.23. The number of hydrogen-bond donors (Lipinski definition) is 1. The van der Waals surface area contributed by atoms with Gasteiger partial charge in [0.2, 0.25) is 5.91 Å². The van der Waals surface area contributed by atoms with Gasteiger partial charge in [-0.2, -0.15) is 18.3 Å². The molecule has 1 amide bonds. The molecule has 1 N–H and O–H groups in total. The van der Waals surface area contributed by atoms with E-state index in [2.05, 4.69) is 10.4 Å². The minimum Gasteiger partial charge on any atom is -0.354 e. The maximum Gasteiger partial charge on any atom is 0.436 e. The summed E-state index contributed by atoms with van der Waals surface area (Å²) in [4.78, 5) is 12.3. The molecule has 4 fully saturated rings. The van der Waals surface area contributed by atoms with Crippen molar-refractivity contribution in [3.05, 3.63) is 16.4 Å². The zero-order valence-electron chi connectivity index (χ0n) is 14.7. The first-order chi connectivity index (χ1) is 12.2. The molecule has 4 aliphatic carbocycles. The molecule has 5 rings (SSSR count). The van der Waals surface area contributed by atoms with Gasteiger partial charge in [-0.25, -0.2) is 0 Å². The van der Waals surface area contributed by atoms with Crippen LogP contribution >= 0.6 is 11.6 Å². The van der Waals surface area contributed by atoms with Gasteiger partial charge in [0.1, 0.15) is 6.54 Å². The number of amides is 1. The van der Waals surface area contributed by atoms with Gasteiger partial charge in [-0.15, -0.1) is 0 Å². The second-order valence-corrected chi connectivity index (χ2v) is 8.98. The molecule has 1 heterocycles. The summed E-state index contributed by atoms with van der Waals surface area (Å²) in [6.45, 7) is 1.82. The molecule has 26 heavy (non-hydrogen) atoms. The van der Waals surface area contributed by atoms with Crippen LogP contribution in [-0.4, -0.2) is 22.2 Å². The van der Waals surface area contributed by atoms with Gasteiger partial charge in [0.25, 0.3) is 0 Å². The Morgan fingerprint density at radius 3 is 2.23 bits per heavy atom. The average molecular weight is 390 g/mol. The van der Waals surface area contributed by atoms with Gasteiger partial charge >= 0.3 is 6.18 Å². The smallest absolute Gasteiger partial charge is 0.354 e. The monoisotopic (exact) mass is 389 g/mol. The molecule has 1 aromatic heterocycles. The van der Waals surface area contributed by atoms with Crippen LogP contribution in [0.3, 0.4) is 0 Å². The summed E-state index contributed by atoms with van der Waals surface area (Å²) < 4.78 is 39.7. The lowest BCUT2D eigenvalue weighted by Gasteiger charge is -2.56. The maximum absolute atomic E-state index is 12.9. The summed E-state index contributed by atoms with van der Waals surface area (Å²) in [7, 11) is 0. The summed E-state index contributed by atoms with van der Waals surface area (Å²) in [5.74, 6) is 2.07. The van der Waals surface area contributed by atoms with Crippen molar-refractivity contribution >= 4 is 17.5 Å². The zero-order valence-corrected chi connectivity index (χ0v) is 15.5. The third-order valence-electron chi connectivity index (χ3n) is 6.52. The molecule has 0 saturated heterocycles. The van der Waals surface area contributed by atoms with Gasteiger partial charge in [-0.3, -0.25) is 9.48 Å². The van der Waals surface area contributed by atoms with Crippen LogP contribution in [0.15, 0.2) is 0 Å². The summed E-state index contributed by atoms with van der Waals surface area (Å²) in [6, 6.07) is 0. The van der Waals surface area contributed by atoms with Crippen molar-refractivity contribution in [1.82, 2.24) is 15.1 Å². The Morgan fingerprint density at radius 2 is 1.77 bits per heavy atom. The van der Waals surface area contributed by atoms with Crippen molar-refractivity contribution in [1.29, 1.82) is 0 Å². The molecule has 144 valence electrons. The van der Waals surface area contributed by atoms with Gasteiger partial charge in [0, 0.05) is 6.54 Å².